The first-order chi connectivity index (χ1) is 3.81. The van der Waals surface area contributed by atoms with Gasteiger partial charge in [-0.2, -0.15) is 0 Å². The van der Waals surface area contributed by atoms with Crippen LogP contribution in [0.5, 0.6) is 0 Å². The van der Waals surface area contributed by atoms with E-state index in [0.29, 0.717) is 0 Å². The van der Waals surface area contributed by atoms with Gasteiger partial charge in [0.25, 0.3) is 0 Å². The van der Waals surface area contributed by atoms with E-state index in [9.17, 15) is 4.79 Å². The number of thioether (sulfide) groups is 1. The lowest BCUT2D eigenvalue weighted by Gasteiger charge is -1.85. The highest BCUT2D eigenvalue weighted by Crippen LogP contribution is 1.91. The number of carbonyl (C=O) groups excluding carboxylic acids is 1. The van der Waals surface area contributed by atoms with Gasteiger partial charge in [-0.1, -0.05) is 0 Å². The van der Waals surface area contributed by atoms with Gasteiger partial charge in [0.05, 0.1) is 0 Å². The van der Waals surface area contributed by atoms with Crippen LogP contribution < -0.4 is 5.32 Å². The van der Waals surface area contributed by atoms with Crippen molar-refractivity contribution in [2.45, 2.75) is 0 Å². The minimum absolute atomic E-state index is 0.0562. The van der Waals surface area contributed by atoms with Crippen molar-refractivity contribution < 1.29 is 4.79 Å². The van der Waals surface area contributed by atoms with E-state index in [1.807, 2.05) is 6.26 Å². The molecular weight excluding hydrogens is 122 g/mol. The minimum atomic E-state index is -0.0562. The predicted octanol–water partition coefficient (Wildman–Crippen LogP) is 0.609. The van der Waals surface area contributed by atoms with Crippen molar-refractivity contribution in [3.8, 4) is 0 Å². The fourth-order valence-corrected chi connectivity index (χ4v) is 0.473. The molecule has 0 aromatic carbocycles. The monoisotopic (exact) mass is 131 g/mol. The Morgan fingerprint density at radius 3 is 2.75 bits per heavy atom. The third kappa shape index (κ3) is 3.74. The molecule has 0 heterocycles. The molecule has 0 radical (unpaired) electrons. The van der Waals surface area contributed by atoms with Crippen LogP contribution in [0.15, 0.2) is 11.5 Å². The summed E-state index contributed by atoms with van der Waals surface area (Å²) in [4.78, 5) is 10.4. The third-order valence-electron chi connectivity index (χ3n) is 0.602. The van der Waals surface area contributed by atoms with Crippen molar-refractivity contribution in [3.63, 3.8) is 0 Å². The normalized spacial score (nSPS) is 9.75. The van der Waals surface area contributed by atoms with Gasteiger partial charge in [0.1, 0.15) is 0 Å². The number of carbonyl (C=O) groups is 1. The van der Waals surface area contributed by atoms with Gasteiger partial charge in [0.2, 0.25) is 5.91 Å². The van der Waals surface area contributed by atoms with E-state index in [0.717, 1.165) is 0 Å². The first-order valence-corrected chi connectivity index (χ1v) is 3.51. The molecule has 2 nitrogen and oxygen atoms in total. The van der Waals surface area contributed by atoms with E-state index in [-0.39, 0.29) is 5.91 Å². The molecule has 0 aliphatic rings. The molecule has 0 aliphatic heterocycles. The summed E-state index contributed by atoms with van der Waals surface area (Å²) in [7, 11) is 1.60. The zero-order valence-electron chi connectivity index (χ0n) is 4.97. The van der Waals surface area contributed by atoms with Crippen molar-refractivity contribution in [2.75, 3.05) is 13.3 Å². The predicted molar refractivity (Wildman–Crippen MR) is 36.7 cm³/mol. The van der Waals surface area contributed by atoms with Gasteiger partial charge in [0.15, 0.2) is 0 Å². The Bertz CT molecular complexity index is 101. The van der Waals surface area contributed by atoms with E-state index < -0.39 is 0 Å². The average Bonchev–Trinajstić information content (AvgIpc) is 1.83. The van der Waals surface area contributed by atoms with Crippen LogP contribution in [0.2, 0.25) is 0 Å². The molecule has 0 fully saturated rings. The second-order valence-corrected chi connectivity index (χ2v) is 1.90. The quantitative estimate of drug-likeness (QED) is 0.556. The van der Waals surface area contributed by atoms with E-state index in [1.54, 1.807) is 12.5 Å². The van der Waals surface area contributed by atoms with Crippen LogP contribution >= 0.6 is 11.8 Å². The average molecular weight is 131 g/mol. The molecular formula is C5H9NOS. The van der Waals surface area contributed by atoms with Crippen molar-refractivity contribution in [3.05, 3.63) is 11.5 Å². The summed E-state index contributed by atoms with van der Waals surface area (Å²) in [5.41, 5.74) is 0. The smallest absolute Gasteiger partial charge is 0.244 e. The van der Waals surface area contributed by atoms with E-state index in [2.05, 4.69) is 5.32 Å². The van der Waals surface area contributed by atoms with Crippen LogP contribution in [0.3, 0.4) is 0 Å². The second-order valence-electron chi connectivity index (χ2n) is 1.15. The Morgan fingerprint density at radius 1 is 1.75 bits per heavy atom. The Balaban J connectivity index is 3.37. The Morgan fingerprint density at radius 2 is 2.38 bits per heavy atom. The molecule has 0 aliphatic carbocycles. The lowest BCUT2D eigenvalue weighted by Crippen LogP contribution is -2.13. The van der Waals surface area contributed by atoms with Crippen LogP contribution in [-0.4, -0.2) is 19.2 Å². The first kappa shape index (κ1) is 7.56. The maximum Gasteiger partial charge on any atom is 0.244 e. The van der Waals surface area contributed by atoms with Crippen molar-refractivity contribution >= 4 is 17.7 Å². The van der Waals surface area contributed by atoms with Gasteiger partial charge in [-0.15, -0.1) is 11.8 Å². The summed E-state index contributed by atoms with van der Waals surface area (Å²) in [5, 5.41) is 4.20. The summed E-state index contributed by atoms with van der Waals surface area (Å²) in [6, 6.07) is 0. The zero-order chi connectivity index (χ0) is 6.41. The lowest BCUT2D eigenvalue weighted by atomic mass is 10.6. The summed E-state index contributed by atoms with van der Waals surface area (Å²) < 4.78 is 0. The molecule has 0 saturated heterocycles. The fourth-order valence-electron chi connectivity index (χ4n) is 0.213. The van der Waals surface area contributed by atoms with Crippen LogP contribution in [0, 0.1) is 0 Å². The fraction of sp³-hybridized carbons (Fsp3) is 0.400. The molecule has 0 spiro atoms. The van der Waals surface area contributed by atoms with Gasteiger partial charge in [-0.3, -0.25) is 4.79 Å². The highest BCUT2D eigenvalue weighted by molar-refractivity contribution is 8.01. The number of amides is 1. The Kier molecular flexibility index (Phi) is 4.45. The van der Waals surface area contributed by atoms with Gasteiger partial charge in [-0.25, -0.2) is 0 Å². The molecule has 0 aromatic rings. The van der Waals surface area contributed by atoms with Gasteiger partial charge in [0, 0.05) is 13.1 Å². The van der Waals surface area contributed by atoms with Gasteiger partial charge < -0.3 is 5.32 Å². The molecule has 0 saturated carbocycles. The number of rotatable bonds is 2. The Hall–Kier alpha value is -0.440. The number of hydrogen-bond donors (Lipinski definition) is 1. The SMILES string of the molecule is CNC(=O)C=CSC. The van der Waals surface area contributed by atoms with E-state index in [4.69, 9.17) is 0 Å². The zero-order valence-corrected chi connectivity index (χ0v) is 5.79. The van der Waals surface area contributed by atoms with E-state index >= 15 is 0 Å². The van der Waals surface area contributed by atoms with Crippen LogP contribution in [0.25, 0.3) is 0 Å². The molecule has 0 bridgehead atoms. The molecule has 0 aromatic heterocycles. The van der Waals surface area contributed by atoms with Crippen molar-refractivity contribution in [1.29, 1.82) is 0 Å². The molecule has 8 heavy (non-hydrogen) atoms. The highest BCUT2D eigenvalue weighted by atomic mass is 32.2. The van der Waals surface area contributed by atoms with Crippen molar-refractivity contribution in [2.24, 2.45) is 0 Å². The molecule has 0 rings (SSSR count). The summed E-state index contributed by atoms with van der Waals surface area (Å²) in [6.07, 6.45) is 3.39. The minimum Gasteiger partial charge on any atom is -0.356 e. The molecule has 3 heteroatoms. The number of hydrogen-bond acceptors (Lipinski definition) is 2. The van der Waals surface area contributed by atoms with Crippen molar-refractivity contribution in [1.82, 2.24) is 5.32 Å². The molecule has 46 valence electrons. The Labute approximate surface area is 53.3 Å². The first-order valence-electron chi connectivity index (χ1n) is 2.22. The maximum atomic E-state index is 10.4. The van der Waals surface area contributed by atoms with Crippen LogP contribution in [0.4, 0.5) is 0 Å². The summed E-state index contributed by atoms with van der Waals surface area (Å²) >= 11 is 1.50. The lowest BCUT2D eigenvalue weighted by molar-refractivity contribution is -0.116. The molecule has 1 amide bonds. The van der Waals surface area contributed by atoms with Crippen LogP contribution in [0.1, 0.15) is 0 Å². The molecule has 0 unspecified atom stereocenters. The van der Waals surface area contributed by atoms with Gasteiger partial charge >= 0.3 is 0 Å². The molecule has 0 atom stereocenters. The third-order valence-corrected chi connectivity index (χ3v) is 1.01. The largest absolute Gasteiger partial charge is 0.356 e. The van der Waals surface area contributed by atoms with E-state index in [1.165, 1.54) is 17.8 Å². The number of likely N-dealkylation sites (N-methyl/N-ethyl adjacent to an activating group) is 1. The second kappa shape index (κ2) is 4.71. The number of nitrogens with one attached hydrogen (secondary N) is 1. The summed E-state index contributed by atoms with van der Waals surface area (Å²) in [6.45, 7) is 0. The standard InChI is InChI=1S/C5H9NOS/c1-6-5(7)3-4-8-2/h3-4H,1-2H3,(H,6,7). The molecule has 1 N–H and O–H groups in total. The van der Waals surface area contributed by atoms with Gasteiger partial charge in [-0.05, 0) is 11.7 Å². The maximum absolute atomic E-state index is 10.4. The highest BCUT2D eigenvalue weighted by Gasteiger charge is 1.83. The summed E-state index contributed by atoms with van der Waals surface area (Å²) in [5.74, 6) is -0.0562. The topological polar surface area (TPSA) is 29.1 Å². The van der Waals surface area contributed by atoms with Crippen LogP contribution in [-0.2, 0) is 4.79 Å².